The first-order valence-corrected chi connectivity index (χ1v) is 5.34. The summed E-state index contributed by atoms with van der Waals surface area (Å²) in [6, 6.07) is 5.57. The van der Waals surface area contributed by atoms with Gasteiger partial charge in [0, 0.05) is 5.56 Å². The fourth-order valence-corrected chi connectivity index (χ4v) is 1.95. The summed E-state index contributed by atoms with van der Waals surface area (Å²) in [4.78, 5) is 0.834. The van der Waals surface area contributed by atoms with E-state index in [1.807, 2.05) is 18.2 Å². The number of nitrogen functional groups attached to an aromatic ring is 1. The van der Waals surface area contributed by atoms with Gasteiger partial charge in [0.1, 0.15) is 0 Å². The van der Waals surface area contributed by atoms with E-state index in [4.69, 9.17) is 15.2 Å². The summed E-state index contributed by atoms with van der Waals surface area (Å²) in [6.45, 7) is 0. The van der Waals surface area contributed by atoms with Gasteiger partial charge < -0.3 is 15.2 Å². The molecule has 0 saturated heterocycles. The number of methoxy groups -OCH3 is 2. The summed E-state index contributed by atoms with van der Waals surface area (Å²) in [5, 5.41) is 3.77. The van der Waals surface area contributed by atoms with Crippen LogP contribution >= 0.6 is 11.5 Å². The van der Waals surface area contributed by atoms with Crippen molar-refractivity contribution in [3.05, 3.63) is 18.2 Å². The van der Waals surface area contributed by atoms with Crippen LogP contribution in [-0.4, -0.2) is 23.8 Å². The van der Waals surface area contributed by atoms with Crippen molar-refractivity contribution in [1.82, 2.24) is 9.59 Å². The summed E-state index contributed by atoms with van der Waals surface area (Å²) in [6.07, 6.45) is 0. The van der Waals surface area contributed by atoms with Crippen LogP contribution in [0, 0.1) is 0 Å². The molecule has 2 rings (SSSR count). The smallest absolute Gasteiger partial charge is 0.166 e. The highest BCUT2D eigenvalue weighted by molar-refractivity contribution is 7.10. The Morgan fingerprint density at radius 1 is 1.19 bits per heavy atom. The number of nitrogens with two attached hydrogens (primary N) is 1. The van der Waals surface area contributed by atoms with E-state index in [2.05, 4.69) is 9.59 Å². The highest BCUT2D eigenvalue weighted by atomic mass is 32.1. The van der Waals surface area contributed by atoms with E-state index >= 15 is 0 Å². The molecule has 0 amide bonds. The molecule has 2 N–H and O–H groups in total. The number of nitrogens with zero attached hydrogens (tertiary/aromatic N) is 2. The molecule has 0 aliphatic heterocycles. The van der Waals surface area contributed by atoms with Gasteiger partial charge in [0.05, 0.1) is 19.1 Å². The van der Waals surface area contributed by atoms with E-state index in [-0.39, 0.29) is 0 Å². The highest BCUT2D eigenvalue weighted by Gasteiger charge is 2.10. The van der Waals surface area contributed by atoms with E-state index in [9.17, 15) is 0 Å². The second kappa shape index (κ2) is 4.36. The Hall–Kier alpha value is -1.82. The van der Waals surface area contributed by atoms with Crippen LogP contribution in [0.15, 0.2) is 18.2 Å². The van der Waals surface area contributed by atoms with Gasteiger partial charge in [-0.3, -0.25) is 0 Å². The van der Waals surface area contributed by atoms with Gasteiger partial charge in [-0.15, -0.1) is 5.10 Å². The van der Waals surface area contributed by atoms with Gasteiger partial charge >= 0.3 is 0 Å². The molecule has 1 aromatic carbocycles. The van der Waals surface area contributed by atoms with Crippen LogP contribution in [0.3, 0.4) is 0 Å². The largest absolute Gasteiger partial charge is 0.493 e. The lowest BCUT2D eigenvalue weighted by Crippen LogP contribution is -1.91. The quantitative estimate of drug-likeness (QED) is 0.881. The van der Waals surface area contributed by atoms with Gasteiger partial charge in [0.15, 0.2) is 17.3 Å². The summed E-state index contributed by atoms with van der Waals surface area (Å²) in [5.41, 5.74) is 6.62. The zero-order valence-electron chi connectivity index (χ0n) is 8.93. The molecule has 1 aromatic heterocycles. The van der Waals surface area contributed by atoms with Crippen LogP contribution in [-0.2, 0) is 0 Å². The predicted octanol–water partition coefficient (Wildman–Crippen LogP) is 1.80. The van der Waals surface area contributed by atoms with E-state index in [1.54, 1.807) is 14.2 Å². The molecule has 5 nitrogen and oxygen atoms in total. The first-order valence-electron chi connectivity index (χ1n) is 4.56. The maximum atomic E-state index is 5.70. The lowest BCUT2D eigenvalue weighted by molar-refractivity contribution is 0.355. The second-order valence-corrected chi connectivity index (χ2v) is 3.81. The monoisotopic (exact) mass is 237 g/mol. The third-order valence-electron chi connectivity index (χ3n) is 2.16. The molecule has 0 aliphatic rings. The molecule has 0 radical (unpaired) electrons. The topological polar surface area (TPSA) is 70.3 Å². The lowest BCUT2D eigenvalue weighted by atomic mass is 10.1. The molecule has 6 heteroatoms. The number of hydrogen-bond acceptors (Lipinski definition) is 6. The van der Waals surface area contributed by atoms with Gasteiger partial charge in [-0.2, -0.15) is 0 Å². The number of benzene rings is 1. The molecule has 2 aromatic rings. The SMILES string of the molecule is COc1ccc(-c2snnc2N)cc1OC. The molecule has 0 aliphatic carbocycles. The van der Waals surface area contributed by atoms with Crippen LogP contribution in [0.4, 0.5) is 5.82 Å². The van der Waals surface area contributed by atoms with Gasteiger partial charge in [0.25, 0.3) is 0 Å². The fourth-order valence-electron chi connectivity index (χ4n) is 1.38. The molecule has 84 valence electrons. The van der Waals surface area contributed by atoms with Crippen molar-refractivity contribution in [3.63, 3.8) is 0 Å². The molecule has 0 saturated carbocycles. The minimum absolute atomic E-state index is 0.428. The standard InChI is InChI=1S/C10H11N3O2S/c1-14-7-4-3-6(5-8(7)15-2)9-10(11)12-13-16-9/h3-5H,11H2,1-2H3. The molecule has 0 atom stereocenters. The molecular formula is C10H11N3O2S. The Labute approximate surface area is 97.0 Å². The minimum atomic E-state index is 0.428. The van der Waals surface area contributed by atoms with Crippen LogP contribution in [0.2, 0.25) is 0 Å². The number of hydrogen-bond donors (Lipinski definition) is 1. The maximum absolute atomic E-state index is 5.70. The summed E-state index contributed by atoms with van der Waals surface area (Å²) in [7, 11) is 3.19. The van der Waals surface area contributed by atoms with Crippen LogP contribution in [0.1, 0.15) is 0 Å². The Morgan fingerprint density at radius 2 is 1.94 bits per heavy atom. The molecular weight excluding hydrogens is 226 g/mol. The number of anilines is 1. The number of rotatable bonds is 3. The first-order chi connectivity index (χ1) is 7.76. The normalized spacial score (nSPS) is 10.1. The average molecular weight is 237 g/mol. The lowest BCUT2D eigenvalue weighted by Gasteiger charge is -2.08. The molecule has 0 bridgehead atoms. The van der Waals surface area contributed by atoms with Gasteiger partial charge in [-0.1, -0.05) is 4.49 Å². The summed E-state index contributed by atoms with van der Waals surface area (Å²) >= 11 is 1.25. The first kappa shape index (κ1) is 10.7. The Morgan fingerprint density at radius 3 is 2.50 bits per heavy atom. The van der Waals surface area contributed by atoms with Gasteiger partial charge in [-0.25, -0.2) is 0 Å². The summed E-state index contributed by atoms with van der Waals surface area (Å²) in [5.74, 6) is 1.77. The molecule has 0 unspecified atom stereocenters. The van der Waals surface area contributed by atoms with Crippen LogP contribution < -0.4 is 15.2 Å². The zero-order valence-corrected chi connectivity index (χ0v) is 9.75. The molecule has 16 heavy (non-hydrogen) atoms. The molecule has 0 spiro atoms. The van der Waals surface area contributed by atoms with E-state index in [0.717, 1.165) is 10.4 Å². The Kier molecular flexibility index (Phi) is 2.91. The van der Waals surface area contributed by atoms with Crippen LogP contribution in [0.5, 0.6) is 11.5 Å². The third-order valence-corrected chi connectivity index (χ3v) is 2.95. The van der Waals surface area contributed by atoms with Crippen molar-refractivity contribution in [3.8, 4) is 21.9 Å². The zero-order chi connectivity index (χ0) is 11.5. The molecule has 1 heterocycles. The second-order valence-electron chi connectivity index (χ2n) is 3.06. The molecule has 0 fully saturated rings. The van der Waals surface area contributed by atoms with Crippen molar-refractivity contribution in [2.75, 3.05) is 20.0 Å². The number of aromatic nitrogens is 2. The maximum Gasteiger partial charge on any atom is 0.166 e. The van der Waals surface area contributed by atoms with Gasteiger partial charge in [0.2, 0.25) is 0 Å². The Bertz CT molecular complexity index is 499. The highest BCUT2D eigenvalue weighted by Crippen LogP contribution is 2.35. The number of ether oxygens (including phenoxy) is 2. The van der Waals surface area contributed by atoms with E-state index < -0.39 is 0 Å². The van der Waals surface area contributed by atoms with E-state index in [1.165, 1.54) is 11.5 Å². The van der Waals surface area contributed by atoms with Crippen molar-refractivity contribution < 1.29 is 9.47 Å². The minimum Gasteiger partial charge on any atom is -0.493 e. The Balaban J connectivity index is 2.48. The fraction of sp³-hybridized carbons (Fsp3) is 0.200. The van der Waals surface area contributed by atoms with Crippen molar-refractivity contribution in [1.29, 1.82) is 0 Å². The summed E-state index contributed by atoms with van der Waals surface area (Å²) < 4.78 is 14.2. The third kappa shape index (κ3) is 1.79. The van der Waals surface area contributed by atoms with E-state index in [0.29, 0.717) is 17.3 Å². The van der Waals surface area contributed by atoms with Crippen molar-refractivity contribution in [2.24, 2.45) is 0 Å². The predicted molar refractivity (Wildman–Crippen MR) is 62.9 cm³/mol. The van der Waals surface area contributed by atoms with Crippen molar-refractivity contribution in [2.45, 2.75) is 0 Å². The average Bonchev–Trinajstić information content (AvgIpc) is 2.74. The van der Waals surface area contributed by atoms with Gasteiger partial charge in [-0.05, 0) is 29.7 Å². The van der Waals surface area contributed by atoms with Crippen molar-refractivity contribution >= 4 is 17.4 Å². The van der Waals surface area contributed by atoms with Crippen LogP contribution in [0.25, 0.3) is 10.4 Å².